The van der Waals surface area contributed by atoms with Crippen molar-refractivity contribution in [3.8, 4) is 0 Å². The molecule has 1 aliphatic heterocycles. The summed E-state index contributed by atoms with van der Waals surface area (Å²) in [6, 6.07) is 0.544. The van der Waals surface area contributed by atoms with Gasteiger partial charge < -0.3 is 5.32 Å². The maximum absolute atomic E-state index is 3.77. The molecule has 1 rings (SSSR count). The van der Waals surface area contributed by atoms with E-state index in [0.29, 0.717) is 6.04 Å². The van der Waals surface area contributed by atoms with E-state index in [0.717, 1.165) is 26.2 Å². The van der Waals surface area contributed by atoms with Gasteiger partial charge in [-0.25, -0.2) is 0 Å². The van der Waals surface area contributed by atoms with Crippen LogP contribution in [0.2, 0.25) is 0 Å². The average Bonchev–Trinajstić information content (AvgIpc) is 2.05. The second-order valence-electron chi connectivity index (χ2n) is 2.76. The van der Waals surface area contributed by atoms with Gasteiger partial charge in [-0.05, 0) is 6.92 Å². The summed E-state index contributed by atoms with van der Waals surface area (Å²) in [5, 5.41) is 3.32. The van der Waals surface area contributed by atoms with E-state index in [9.17, 15) is 0 Å². The van der Waals surface area contributed by atoms with E-state index >= 15 is 0 Å². The highest BCUT2D eigenvalue weighted by atomic mass is 15.2. The minimum atomic E-state index is 0.544. The van der Waals surface area contributed by atoms with E-state index < -0.39 is 0 Å². The summed E-state index contributed by atoms with van der Waals surface area (Å²) in [6.45, 7) is 10.5. The van der Waals surface area contributed by atoms with Crippen LogP contribution in [0.5, 0.6) is 0 Å². The zero-order valence-corrected chi connectivity index (χ0v) is 6.64. The molecule has 0 aromatic rings. The maximum Gasteiger partial charge on any atom is 0.0248 e. The molecule has 0 aliphatic carbocycles. The highest BCUT2D eigenvalue weighted by molar-refractivity contribution is 4.85. The standard InChI is InChI=1S/C8H16N2/c1-3-8(2)10-6-4-9-5-7-10/h3,8-9H,1,4-7H2,2H3. The molecule has 58 valence electrons. The highest BCUT2D eigenvalue weighted by Gasteiger charge is 2.12. The molecule has 0 spiro atoms. The van der Waals surface area contributed by atoms with Crippen LogP contribution in [0, 0.1) is 0 Å². The van der Waals surface area contributed by atoms with Crippen LogP contribution in [0.1, 0.15) is 6.92 Å². The predicted octanol–water partition coefficient (Wildman–Crippen LogP) is 0.466. The van der Waals surface area contributed by atoms with Crippen LogP contribution in [0.3, 0.4) is 0 Å². The Morgan fingerprint density at radius 2 is 2.10 bits per heavy atom. The second kappa shape index (κ2) is 3.74. The molecule has 2 nitrogen and oxygen atoms in total. The van der Waals surface area contributed by atoms with Gasteiger partial charge in [0.05, 0.1) is 0 Å². The van der Waals surface area contributed by atoms with Crippen LogP contribution in [-0.2, 0) is 0 Å². The molecule has 0 aromatic heterocycles. The van der Waals surface area contributed by atoms with Gasteiger partial charge in [0, 0.05) is 32.2 Å². The van der Waals surface area contributed by atoms with Gasteiger partial charge in [0.25, 0.3) is 0 Å². The topological polar surface area (TPSA) is 15.3 Å². The normalized spacial score (nSPS) is 24.1. The maximum atomic E-state index is 3.77. The van der Waals surface area contributed by atoms with E-state index in [-0.39, 0.29) is 0 Å². The van der Waals surface area contributed by atoms with Crippen molar-refractivity contribution in [2.24, 2.45) is 0 Å². The van der Waals surface area contributed by atoms with Gasteiger partial charge in [-0.2, -0.15) is 0 Å². The van der Waals surface area contributed by atoms with E-state index in [2.05, 4.69) is 23.7 Å². The van der Waals surface area contributed by atoms with Crippen molar-refractivity contribution >= 4 is 0 Å². The molecule has 0 aromatic carbocycles. The van der Waals surface area contributed by atoms with Crippen LogP contribution in [0.4, 0.5) is 0 Å². The molecule has 2 heteroatoms. The lowest BCUT2D eigenvalue weighted by molar-refractivity contribution is 0.213. The number of hydrogen-bond donors (Lipinski definition) is 1. The van der Waals surface area contributed by atoms with Gasteiger partial charge >= 0.3 is 0 Å². The van der Waals surface area contributed by atoms with Crippen LogP contribution >= 0.6 is 0 Å². The van der Waals surface area contributed by atoms with Crippen LogP contribution in [0.15, 0.2) is 12.7 Å². The van der Waals surface area contributed by atoms with Gasteiger partial charge in [-0.1, -0.05) is 6.08 Å². The molecule has 0 saturated carbocycles. The van der Waals surface area contributed by atoms with E-state index in [1.54, 1.807) is 0 Å². The Balaban J connectivity index is 2.30. The first-order valence-electron chi connectivity index (χ1n) is 3.92. The number of nitrogens with one attached hydrogen (secondary N) is 1. The molecular weight excluding hydrogens is 124 g/mol. The Morgan fingerprint density at radius 1 is 1.50 bits per heavy atom. The number of nitrogens with zero attached hydrogens (tertiary/aromatic N) is 1. The van der Waals surface area contributed by atoms with Crippen LogP contribution < -0.4 is 5.32 Å². The first-order valence-corrected chi connectivity index (χ1v) is 3.92. The molecule has 0 radical (unpaired) electrons. The summed E-state index contributed by atoms with van der Waals surface area (Å²) in [7, 11) is 0. The second-order valence-corrected chi connectivity index (χ2v) is 2.76. The Bertz CT molecular complexity index is 106. The molecule has 1 saturated heterocycles. The summed E-state index contributed by atoms with van der Waals surface area (Å²) in [4.78, 5) is 2.43. The number of rotatable bonds is 2. The Hall–Kier alpha value is -0.340. The minimum absolute atomic E-state index is 0.544. The molecule has 0 amide bonds. The largest absolute Gasteiger partial charge is 0.314 e. The SMILES string of the molecule is C=CC(C)N1CCNCC1. The summed E-state index contributed by atoms with van der Waals surface area (Å²) < 4.78 is 0. The summed E-state index contributed by atoms with van der Waals surface area (Å²) in [6.07, 6.45) is 2.01. The minimum Gasteiger partial charge on any atom is -0.314 e. The van der Waals surface area contributed by atoms with Crippen molar-refractivity contribution in [2.45, 2.75) is 13.0 Å². The first-order chi connectivity index (χ1) is 4.84. The van der Waals surface area contributed by atoms with Gasteiger partial charge in [0.15, 0.2) is 0 Å². The van der Waals surface area contributed by atoms with E-state index in [4.69, 9.17) is 0 Å². The third-order valence-corrected chi connectivity index (χ3v) is 2.07. The van der Waals surface area contributed by atoms with Gasteiger partial charge in [0.2, 0.25) is 0 Å². The fraction of sp³-hybridized carbons (Fsp3) is 0.750. The number of hydrogen-bond acceptors (Lipinski definition) is 2. The quantitative estimate of drug-likeness (QED) is 0.561. The lowest BCUT2D eigenvalue weighted by atomic mass is 10.2. The van der Waals surface area contributed by atoms with Gasteiger partial charge in [-0.3, -0.25) is 4.90 Å². The lowest BCUT2D eigenvalue weighted by Gasteiger charge is -2.30. The molecule has 1 atom stereocenters. The molecule has 1 fully saturated rings. The van der Waals surface area contributed by atoms with Crippen molar-refractivity contribution in [3.05, 3.63) is 12.7 Å². The van der Waals surface area contributed by atoms with Crippen molar-refractivity contribution in [3.63, 3.8) is 0 Å². The first kappa shape index (κ1) is 7.76. The van der Waals surface area contributed by atoms with Crippen LogP contribution in [0.25, 0.3) is 0 Å². The summed E-state index contributed by atoms with van der Waals surface area (Å²) >= 11 is 0. The monoisotopic (exact) mass is 140 g/mol. The smallest absolute Gasteiger partial charge is 0.0248 e. The Kier molecular flexibility index (Phi) is 2.90. The third-order valence-electron chi connectivity index (χ3n) is 2.07. The van der Waals surface area contributed by atoms with Crippen molar-refractivity contribution in [2.75, 3.05) is 26.2 Å². The Labute approximate surface area is 62.9 Å². The predicted molar refractivity (Wildman–Crippen MR) is 44.1 cm³/mol. The molecule has 1 unspecified atom stereocenters. The number of piperazine rings is 1. The van der Waals surface area contributed by atoms with Gasteiger partial charge in [0.1, 0.15) is 0 Å². The summed E-state index contributed by atoms with van der Waals surface area (Å²) in [5.41, 5.74) is 0. The molecule has 1 aliphatic rings. The lowest BCUT2D eigenvalue weighted by Crippen LogP contribution is -2.46. The van der Waals surface area contributed by atoms with Gasteiger partial charge in [-0.15, -0.1) is 6.58 Å². The van der Waals surface area contributed by atoms with Crippen molar-refractivity contribution < 1.29 is 0 Å². The van der Waals surface area contributed by atoms with E-state index in [1.807, 2.05) is 6.08 Å². The van der Waals surface area contributed by atoms with Crippen LogP contribution in [-0.4, -0.2) is 37.1 Å². The van der Waals surface area contributed by atoms with Crippen molar-refractivity contribution in [1.82, 2.24) is 10.2 Å². The third kappa shape index (κ3) is 1.82. The fourth-order valence-corrected chi connectivity index (χ4v) is 1.24. The average molecular weight is 140 g/mol. The molecule has 10 heavy (non-hydrogen) atoms. The van der Waals surface area contributed by atoms with Crippen molar-refractivity contribution in [1.29, 1.82) is 0 Å². The molecule has 0 bridgehead atoms. The Morgan fingerprint density at radius 3 is 2.60 bits per heavy atom. The fourth-order valence-electron chi connectivity index (χ4n) is 1.24. The molecule has 1 heterocycles. The highest BCUT2D eigenvalue weighted by Crippen LogP contribution is 2.00. The molecular formula is C8H16N2. The zero-order valence-electron chi connectivity index (χ0n) is 6.64. The zero-order chi connectivity index (χ0) is 7.40. The van der Waals surface area contributed by atoms with E-state index in [1.165, 1.54) is 0 Å². The molecule has 1 N–H and O–H groups in total. The summed E-state index contributed by atoms with van der Waals surface area (Å²) in [5.74, 6) is 0.